The zero-order valence-corrected chi connectivity index (χ0v) is 12.7. The largest absolute Gasteiger partial charge is 0.478 e. The highest BCUT2D eigenvalue weighted by Gasteiger charge is 2.22. The van der Waals surface area contributed by atoms with Gasteiger partial charge in [0.1, 0.15) is 11.5 Å². The second kappa shape index (κ2) is 5.56. The van der Waals surface area contributed by atoms with Crippen molar-refractivity contribution in [3.05, 3.63) is 53.8 Å². The van der Waals surface area contributed by atoms with Crippen LogP contribution >= 0.6 is 0 Å². The van der Waals surface area contributed by atoms with Gasteiger partial charge in [-0.3, -0.25) is 0 Å². The van der Waals surface area contributed by atoms with E-state index in [2.05, 4.69) is 14.9 Å². The minimum atomic E-state index is -0.994. The second-order valence-electron chi connectivity index (χ2n) is 5.75. The van der Waals surface area contributed by atoms with Crippen LogP contribution in [0.5, 0.6) is 0 Å². The fourth-order valence-electron chi connectivity index (χ4n) is 2.73. The monoisotopic (exact) mass is 323 g/mol. The molecule has 0 aliphatic carbocycles. The van der Waals surface area contributed by atoms with Crippen LogP contribution in [-0.4, -0.2) is 34.1 Å². The smallest absolute Gasteiger partial charge is 0.335 e. The molecular weight excluding hydrogens is 309 g/mol. The Morgan fingerprint density at radius 1 is 1.04 bits per heavy atom. The molecule has 1 aromatic heterocycles. The zero-order valence-electron chi connectivity index (χ0n) is 12.7. The molecule has 1 fully saturated rings. The van der Waals surface area contributed by atoms with Gasteiger partial charge in [-0.2, -0.15) is 0 Å². The van der Waals surface area contributed by atoms with Crippen molar-refractivity contribution < 1.29 is 14.3 Å². The molecule has 1 N–H and O–H groups in total. The molecule has 0 atom stereocenters. The first-order valence-electron chi connectivity index (χ1n) is 7.68. The van der Waals surface area contributed by atoms with Crippen molar-refractivity contribution in [2.75, 3.05) is 18.0 Å². The maximum atomic E-state index is 13.2. The summed E-state index contributed by atoms with van der Waals surface area (Å²) in [6, 6.07) is 10.8. The summed E-state index contributed by atoms with van der Waals surface area (Å²) < 4.78 is 13.2. The van der Waals surface area contributed by atoms with E-state index in [9.17, 15) is 9.18 Å². The highest BCUT2D eigenvalue weighted by atomic mass is 19.1. The van der Waals surface area contributed by atoms with Gasteiger partial charge in [-0.1, -0.05) is 0 Å². The van der Waals surface area contributed by atoms with Crippen molar-refractivity contribution in [1.29, 1.82) is 0 Å². The van der Waals surface area contributed by atoms with Crippen LogP contribution in [0.2, 0.25) is 0 Å². The molecule has 6 heteroatoms. The number of nitrogens with zero attached hydrogens (tertiary/aromatic N) is 3. The van der Waals surface area contributed by atoms with Gasteiger partial charge in [0.15, 0.2) is 5.82 Å². The Labute approximate surface area is 137 Å². The van der Waals surface area contributed by atoms with Gasteiger partial charge in [-0.15, -0.1) is 0 Å². The summed E-state index contributed by atoms with van der Waals surface area (Å²) in [6.07, 6.45) is 1.08. The van der Waals surface area contributed by atoms with Crippen LogP contribution < -0.4 is 4.90 Å². The highest BCUT2D eigenvalue weighted by molar-refractivity contribution is 5.93. The SMILES string of the molecule is O=C(O)c1ccc2nc(-c3ccc(F)cc3)c(N3CCC3)nc2c1. The summed E-state index contributed by atoms with van der Waals surface area (Å²) in [6.45, 7) is 1.76. The number of hydrogen-bond donors (Lipinski definition) is 1. The van der Waals surface area contributed by atoms with E-state index < -0.39 is 5.97 Å². The molecule has 24 heavy (non-hydrogen) atoms. The first kappa shape index (κ1) is 14.6. The Morgan fingerprint density at radius 2 is 1.79 bits per heavy atom. The number of rotatable bonds is 3. The van der Waals surface area contributed by atoms with Crippen molar-refractivity contribution in [2.45, 2.75) is 6.42 Å². The zero-order chi connectivity index (χ0) is 16.7. The molecule has 5 nitrogen and oxygen atoms in total. The Kier molecular flexibility index (Phi) is 3.37. The lowest BCUT2D eigenvalue weighted by Gasteiger charge is -2.33. The fraction of sp³-hybridized carbons (Fsp3) is 0.167. The van der Waals surface area contributed by atoms with Gasteiger partial charge in [0, 0.05) is 18.7 Å². The van der Waals surface area contributed by atoms with Crippen LogP contribution in [-0.2, 0) is 0 Å². The molecule has 0 unspecified atom stereocenters. The number of carbonyl (C=O) groups is 1. The fourth-order valence-corrected chi connectivity index (χ4v) is 2.73. The van der Waals surface area contributed by atoms with Crippen LogP contribution in [0.4, 0.5) is 10.2 Å². The number of aromatic nitrogens is 2. The number of carboxylic acids is 1. The van der Waals surface area contributed by atoms with Crippen LogP contribution in [0, 0.1) is 5.82 Å². The summed E-state index contributed by atoms with van der Waals surface area (Å²) in [5.74, 6) is -0.584. The minimum Gasteiger partial charge on any atom is -0.478 e. The van der Waals surface area contributed by atoms with E-state index in [1.54, 1.807) is 18.2 Å². The topological polar surface area (TPSA) is 66.3 Å². The lowest BCUT2D eigenvalue weighted by atomic mass is 10.1. The Balaban J connectivity index is 1.92. The van der Waals surface area contributed by atoms with Gasteiger partial charge < -0.3 is 10.0 Å². The lowest BCUT2D eigenvalue weighted by Crippen LogP contribution is -2.38. The highest BCUT2D eigenvalue weighted by Crippen LogP contribution is 2.32. The molecule has 1 saturated heterocycles. The summed E-state index contributed by atoms with van der Waals surface area (Å²) >= 11 is 0. The van der Waals surface area contributed by atoms with Gasteiger partial charge in [0.25, 0.3) is 0 Å². The number of carboxylic acid groups (broad SMARTS) is 1. The molecule has 3 aromatic rings. The molecule has 0 bridgehead atoms. The minimum absolute atomic E-state index is 0.181. The summed E-state index contributed by atoms with van der Waals surface area (Å²) in [7, 11) is 0. The van der Waals surface area contributed by atoms with Crippen molar-refractivity contribution >= 4 is 22.8 Å². The molecule has 0 spiro atoms. The number of fused-ring (bicyclic) bond motifs is 1. The Hall–Kier alpha value is -3.02. The van der Waals surface area contributed by atoms with Crippen LogP contribution in [0.3, 0.4) is 0 Å². The van der Waals surface area contributed by atoms with Gasteiger partial charge in [0.05, 0.1) is 16.6 Å². The average molecular weight is 323 g/mol. The van der Waals surface area contributed by atoms with Gasteiger partial charge >= 0.3 is 5.97 Å². The third-order valence-corrected chi connectivity index (χ3v) is 4.17. The van der Waals surface area contributed by atoms with E-state index >= 15 is 0 Å². The molecule has 0 radical (unpaired) electrons. The second-order valence-corrected chi connectivity index (χ2v) is 5.75. The van der Waals surface area contributed by atoms with Crippen molar-refractivity contribution in [3.63, 3.8) is 0 Å². The van der Waals surface area contributed by atoms with Crippen molar-refractivity contribution in [1.82, 2.24) is 9.97 Å². The number of aromatic carboxylic acids is 1. The van der Waals surface area contributed by atoms with Gasteiger partial charge in [-0.25, -0.2) is 19.2 Å². The summed E-state index contributed by atoms with van der Waals surface area (Å²) in [5, 5.41) is 9.14. The first-order valence-corrected chi connectivity index (χ1v) is 7.68. The normalized spacial score (nSPS) is 13.8. The van der Waals surface area contributed by atoms with E-state index in [1.807, 2.05) is 0 Å². The first-order chi connectivity index (χ1) is 11.6. The van der Waals surface area contributed by atoms with E-state index in [-0.39, 0.29) is 11.4 Å². The predicted molar refractivity (Wildman–Crippen MR) is 88.7 cm³/mol. The molecule has 0 amide bonds. The van der Waals surface area contributed by atoms with Gasteiger partial charge in [0.2, 0.25) is 0 Å². The molecular formula is C18H14FN3O2. The van der Waals surface area contributed by atoms with Crippen LogP contribution in [0.25, 0.3) is 22.3 Å². The van der Waals surface area contributed by atoms with E-state index in [0.717, 1.165) is 25.1 Å². The quantitative estimate of drug-likeness (QED) is 0.801. The average Bonchev–Trinajstić information content (AvgIpc) is 2.53. The molecule has 120 valence electrons. The van der Waals surface area contributed by atoms with Crippen molar-refractivity contribution in [2.24, 2.45) is 0 Å². The molecule has 1 aliphatic heterocycles. The number of hydrogen-bond acceptors (Lipinski definition) is 4. The lowest BCUT2D eigenvalue weighted by molar-refractivity contribution is 0.0697. The predicted octanol–water partition coefficient (Wildman–Crippen LogP) is 3.34. The molecule has 2 aromatic carbocycles. The third kappa shape index (κ3) is 2.46. The Morgan fingerprint density at radius 3 is 2.42 bits per heavy atom. The maximum Gasteiger partial charge on any atom is 0.335 e. The van der Waals surface area contributed by atoms with E-state index in [4.69, 9.17) is 5.11 Å². The number of anilines is 1. The van der Waals surface area contributed by atoms with Crippen LogP contribution in [0.15, 0.2) is 42.5 Å². The van der Waals surface area contributed by atoms with Crippen molar-refractivity contribution in [3.8, 4) is 11.3 Å². The molecule has 2 heterocycles. The van der Waals surface area contributed by atoms with E-state index in [1.165, 1.54) is 24.3 Å². The Bertz CT molecular complexity index is 937. The standard InChI is InChI=1S/C18H14FN3O2/c19-13-5-2-11(3-6-13)16-17(22-8-1-9-22)21-15-10-12(18(23)24)4-7-14(15)20-16/h2-7,10H,1,8-9H2,(H,23,24). The number of halogens is 1. The molecule has 4 rings (SSSR count). The summed E-state index contributed by atoms with van der Waals surface area (Å²) in [5.41, 5.74) is 2.81. The summed E-state index contributed by atoms with van der Waals surface area (Å²) in [4.78, 5) is 22.6. The third-order valence-electron chi connectivity index (χ3n) is 4.17. The van der Waals surface area contributed by atoms with Crippen LogP contribution in [0.1, 0.15) is 16.8 Å². The maximum absolute atomic E-state index is 13.2. The van der Waals surface area contributed by atoms with E-state index in [0.29, 0.717) is 22.5 Å². The van der Waals surface area contributed by atoms with Gasteiger partial charge in [-0.05, 0) is 48.9 Å². The molecule has 1 aliphatic rings. The number of benzene rings is 2. The molecule has 0 saturated carbocycles.